The van der Waals surface area contributed by atoms with Crippen molar-refractivity contribution in [2.75, 3.05) is 12.3 Å². The van der Waals surface area contributed by atoms with E-state index in [1.165, 1.54) is 6.07 Å². The van der Waals surface area contributed by atoms with Crippen LogP contribution in [0.2, 0.25) is 0 Å². The molecule has 0 saturated carbocycles. The van der Waals surface area contributed by atoms with Crippen molar-refractivity contribution in [1.29, 1.82) is 0 Å². The molecule has 0 saturated heterocycles. The number of sulfonamides is 1. The van der Waals surface area contributed by atoms with E-state index >= 15 is 0 Å². The summed E-state index contributed by atoms with van der Waals surface area (Å²) in [5.74, 6) is -0.841. The molecule has 0 aromatic heterocycles. The lowest BCUT2D eigenvalue weighted by atomic mass is 10.2. The van der Waals surface area contributed by atoms with Crippen molar-refractivity contribution < 1.29 is 17.9 Å². The fourth-order valence-corrected chi connectivity index (χ4v) is 2.59. The predicted octanol–water partition coefficient (Wildman–Crippen LogP) is 0.847. The topological polar surface area (TPSA) is 92.4 Å². The number of rotatable bonds is 6. The van der Waals surface area contributed by atoms with Crippen LogP contribution in [0.3, 0.4) is 0 Å². The van der Waals surface area contributed by atoms with Gasteiger partial charge >= 0.3 is 0 Å². The van der Waals surface area contributed by atoms with Crippen LogP contribution < -0.4 is 10.5 Å². The zero-order valence-corrected chi connectivity index (χ0v) is 10.9. The average Bonchev–Trinajstić information content (AvgIpc) is 2.27. The van der Waals surface area contributed by atoms with Gasteiger partial charge in [-0.05, 0) is 38.0 Å². The van der Waals surface area contributed by atoms with Gasteiger partial charge in [-0.3, -0.25) is 0 Å². The molecule has 1 aromatic carbocycles. The Hall–Kier alpha value is -1.18. The summed E-state index contributed by atoms with van der Waals surface area (Å²) in [6.45, 7) is 1.76. The maximum absolute atomic E-state index is 13.4. The number of halogens is 1. The number of nitrogens with two attached hydrogens (primary N) is 1. The third-order valence-corrected chi connectivity index (χ3v) is 3.81. The Bertz CT molecular complexity index is 503. The Kier molecular flexibility index (Phi) is 5.06. The van der Waals surface area contributed by atoms with Gasteiger partial charge < -0.3 is 10.8 Å². The van der Waals surface area contributed by atoms with Crippen LogP contribution in [0, 0.1) is 5.82 Å². The number of hydrogen-bond donors (Lipinski definition) is 3. The molecule has 0 aliphatic heterocycles. The van der Waals surface area contributed by atoms with Gasteiger partial charge in [-0.25, -0.2) is 17.5 Å². The molecule has 0 radical (unpaired) electrons. The zero-order chi connectivity index (χ0) is 13.8. The van der Waals surface area contributed by atoms with E-state index in [1.54, 1.807) is 6.92 Å². The molecule has 1 atom stereocenters. The summed E-state index contributed by atoms with van der Waals surface area (Å²) in [6, 6.07) is 3.38. The van der Waals surface area contributed by atoms with Gasteiger partial charge in [0.25, 0.3) is 0 Å². The molecular weight excluding hydrogens is 259 g/mol. The maximum atomic E-state index is 13.4. The minimum atomic E-state index is -3.90. The lowest BCUT2D eigenvalue weighted by molar-refractivity contribution is 0.182. The van der Waals surface area contributed by atoms with E-state index in [2.05, 4.69) is 4.72 Å². The van der Waals surface area contributed by atoms with Crippen LogP contribution in [0.1, 0.15) is 19.8 Å². The molecule has 0 aliphatic carbocycles. The molecule has 0 aliphatic rings. The Morgan fingerprint density at radius 1 is 1.50 bits per heavy atom. The number of nitrogens with one attached hydrogen (secondary N) is 1. The van der Waals surface area contributed by atoms with Gasteiger partial charge in [-0.15, -0.1) is 0 Å². The summed E-state index contributed by atoms with van der Waals surface area (Å²) in [7, 11) is -3.90. The third kappa shape index (κ3) is 4.25. The highest BCUT2D eigenvalue weighted by molar-refractivity contribution is 7.89. The third-order valence-electron chi connectivity index (χ3n) is 2.34. The first-order chi connectivity index (χ1) is 8.33. The first-order valence-electron chi connectivity index (χ1n) is 5.55. The monoisotopic (exact) mass is 276 g/mol. The van der Waals surface area contributed by atoms with Crippen LogP contribution in [0.4, 0.5) is 10.1 Å². The first-order valence-corrected chi connectivity index (χ1v) is 7.04. The second-order valence-electron chi connectivity index (χ2n) is 4.08. The van der Waals surface area contributed by atoms with Crippen molar-refractivity contribution in [3.05, 3.63) is 24.0 Å². The molecule has 1 aromatic rings. The van der Waals surface area contributed by atoms with Crippen LogP contribution >= 0.6 is 0 Å². The number of anilines is 1. The number of nitrogen functional groups attached to an aromatic ring is 1. The van der Waals surface area contributed by atoms with E-state index in [4.69, 9.17) is 10.8 Å². The van der Waals surface area contributed by atoms with Gasteiger partial charge in [0, 0.05) is 12.2 Å². The molecule has 0 fully saturated rings. The molecule has 5 nitrogen and oxygen atoms in total. The summed E-state index contributed by atoms with van der Waals surface area (Å²) in [4.78, 5) is -0.459. The normalized spacial score (nSPS) is 13.5. The van der Waals surface area contributed by atoms with Gasteiger partial charge in [0.15, 0.2) is 0 Å². The smallest absolute Gasteiger partial charge is 0.243 e. The van der Waals surface area contributed by atoms with Crippen molar-refractivity contribution in [2.24, 2.45) is 0 Å². The van der Waals surface area contributed by atoms with Gasteiger partial charge in [-0.2, -0.15) is 0 Å². The molecular formula is C11H17FN2O3S. The Balaban J connectivity index is 2.71. The highest BCUT2D eigenvalue weighted by Gasteiger charge is 2.18. The van der Waals surface area contributed by atoms with Crippen LogP contribution in [0.15, 0.2) is 23.1 Å². The Labute approximate surface area is 106 Å². The van der Waals surface area contributed by atoms with Gasteiger partial charge in [0.1, 0.15) is 10.7 Å². The van der Waals surface area contributed by atoms with Crippen LogP contribution in [0.5, 0.6) is 0 Å². The summed E-state index contributed by atoms with van der Waals surface area (Å²) >= 11 is 0. The van der Waals surface area contributed by atoms with Gasteiger partial charge in [0.2, 0.25) is 10.0 Å². The number of aliphatic hydroxyl groups excluding tert-OH is 1. The van der Waals surface area contributed by atoms with Gasteiger partial charge in [-0.1, -0.05) is 0 Å². The van der Waals surface area contributed by atoms with Crippen LogP contribution in [0.25, 0.3) is 0 Å². The minimum Gasteiger partial charge on any atom is -0.399 e. The van der Waals surface area contributed by atoms with E-state index < -0.39 is 26.8 Å². The van der Waals surface area contributed by atoms with Crippen molar-refractivity contribution in [2.45, 2.75) is 30.8 Å². The molecule has 1 rings (SSSR count). The second-order valence-corrected chi connectivity index (χ2v) is 5.81. The quantitative estimate of drug-likeness (QED) is 0.530. The van der Waals surface area contributed by atoms with Crippen LogP contribution in [-0.2, 0) is 10.0 Å². The largest absolute Gasteiger partial charge is 0.399 e. The molecule has 1 unspecified atom stereocenters. The summed E-state index contributed by atoms with van der Waals surface area (Å²) in [6.07, 6.45) is 0.460. The fraction of sp³-hybridized carbons (Fsp3) is 0.455. The van der Waals surface area contributed by atoms with E-state index in [-0.39, 0.29) is 12.2 Å². The van der Waals surface area contributed by atoms with E-state index in [1.807, 2.05) is 0 Å². The van der Waals surface area contributed by atoms with Crippen molar-refractivity contribution in [3.63, 3.8) is 0 Å². The summed E-state index contributed by atoms with van der Waals surface area (Å²) in [5, 5.41) is 9.03. The maximum Gasteiger partial charge on any atom is 0.243 e. The fourth-order valence-electron chi connectivity index (χ4n) is 1.41. The van der Waals surface area contributed by atoms with Crippen molar-refractivity contribution in [3.8, 4) is 0 Å². The second kappa shape index (κ2) is 6.12. The van der Waals surface area contributed by atoms with Crippen molar-refractivity contribution in [1.82, 2.24) is 4.72 Å². The average molecular weight is 276 g/mol. The lowest BCUT2D eigenvalue weighted by Crippen LogP contribution is -2.26. The lowest BCUT2D eigenvalue weighted by Gasteiger charge is -2.09. The molecule has 0 spiro atoms. The predicted molar refractivity (Wildman–Crippen MR) is 66.9 cm³/mol. The van der Waals surface area contributed by atoms with E-state index in [0.29, 0.717) is 12.8 Å². The molecule has 4 N–H and O–H groups in total. The molecule has 0 bridgehead atoms. The minimum absolute atomic E-state index is 0.140. The Morgan fingerprint density at radius 2 is 2.17 bits per heavy atom. The summed E-state index contributed by atoms with van der Waals surface area (Å²) < 4.78 is 39.2. The SMILES string of the molecule is CC(O)CCCNS(=O)(=O)c1cc(N)ccc1F. The Morgan fingerprint density at radius 3 is 2.78 bits per heavy atom. The molecule has 7 heteroatoms. The molecule has 0 amide bonds. The molecule has 0 heterocycles. The van der Waals surface area contributed by atoms with E-state index in [0.717, 1.165) is 12.1 Å². The van der Waals surface area contributed by atoms with E-state index in [9.17, 15) is 12.8 Å². The number of aliphatic hydroxyl groups is 1. The molecule has 102 valence electrons. The highest BCUT2D eigenvalue weighted by atomic mass is 32.2. The number of benzene rings is 1. The number of hydrogen-bond acceptors (Lipinski definition) is 4. The van der Waals surface area contributed by atoms with Gasteiger partial charge in [0.05, 0.1) is 6.10 Å². The zero-order valence-electron chi connectivity index (χ0n) is 10.1. The van der Waals surface area contributed by atoms with Crippen molar-refractivity contribution >= 4 is 15.7 Å². The highest BCUT2D eigenvalue weighted by Crippen LogP contribution is 2.17. The first kappa shape index (κ1) is 14.9. The van der Waals surface area contributed by atoms with Crippen LogP contribution in [-0.4, -0.2) is 26.2 Å². The molecule has 18 heavy (non-hydrogen) atoms. The standard InChI is InChI=1S/C11H17FN2O3S/c1-8(15)3-2-6-14-18(16,17)11-7-9(13)4-5-10(11)12/h4-5,7-8,14-15H,2-3,6,13H2,1H3. The summed E-state index contributed by atoms with van der Waals surface area (Å²) in [5.41, 5.74) is 5.61.